The van der Waals surface area contributed by atoms with Gasteiger partial charge in [-0.3, -0.25) is 4.79 Å². The van der Waals surface area contributed by atoms with Gasteiger partial charge in [-0.25, -0.2) is 5.43 Å². The van der Waals surface area contributed by atoms with Gasteiger partial charge in [-0.15, -0.1) is 0 Å². The van der Waals surface area contributed by atoms with Crippen molar-refractivity contribution in [3.63, 3.8) is 0 Å². The number of nitrogens with zero attached hydrogens (tertiary/aromatic N) is 1. The minimum absolute atomic E-state index is 0.272. The van der Waals surface area contributed by atoms with E-state index in [1.54, 1.807) is 19.1 Å². The van der Waals surface area contributed by atoms with Crippen LogP contribution in [0.15, 0.2) is 52.0 Å². The Morgan fingerprint density at radius 3 is 2.58 bits per heavy atom. The zero-order valence-electron chi connectivity index (χ0n) is 11.0. The van der Waals surface area contributed by atoms with Crippen LogP contribution in [0, 0.1) is 6.92 Å². The highest BCUT2D eigenvalue weighted by atomic mass is 16.3. The minimum atomic E-state index is -0.333. The van der Waals surface area contributed by atoms with Gasteiger partial charge in [-0.2, -0.15) is 5.10 Å². The largest absolute Gasteiger partial charge is 0.456 e. The smallest absolute Gasteiger partial charge is 0.307 e. The molecule has 0 radical (unpaired) electrons. The fourth-order valence-corrected chi connectivity index (χ4v) is 1.69. The average molecular weight is 256 g/mol. The molecule has 1 aromatic heterocycles. The van der Waals surface area contributed by atoms with Crippen molar-refractivity contribution < 1.29 is 9.21 Å². The molecule has 0 fully saturated rings. The highest BCUT2D eigenvalue weighted by molar-refractivity contribution is 5.93. The molecule has 2 aromatic rings. The second-order valence-electron chi connectivity index (χ2n) is 4.36. The molecule has 2 rings (SSSR count). The molecule has 19 heavy (non-hydrogen) atoms. The van der Waals surface area contributed by atoms with E-state index >= 15 is 0 Å². The molecule has 0 unspecified atom stereocenters. The van der Waals surface area contributed by atoms with Crippen LogP contribution in [0.4, 0.5) is 0 Å². The van der Waals surface area contributed by atoms with Gasteiger partial charge in [0.25, 0.3) is 0 Å². The molecule has 0 saturated carbocycles. The van der Waals surface area contributed by atoms with Crippen molar-refractivity contribution in [1.82, 2.24) is 5.43 Å². The van der Waals surface area contributed by atoms with E-state index in [-0.39, 0.29) is 11.7 Å². The third-order valence-electron chi connectivity index (χ3n) is 2.62. The Morgan fingerprint density at radius 2 is 1.95 bits per heavy atom. The van der Waals surface area contributed by atoms with Crippen LogP contribution >= 0.6 is 0 Å². The van der Waals surface area contributed by atoms with E-state index in [4.69, 9.17) is 4.42 Å². The molecule has 4 nitrogen and oxygen atoms in total. The van der Waals surface area contributed by atoms with Crippen molar-refractivity contribution in [1.29, 1.82) is 0 Å². The molecule has 0 saturated heterocycles. The molecule has 4 heteroatoms. The third-order valence-corrected chi connectivity index (χ3v) is 2.62. The van der Waals surface area contributed by atoms with E-state index in [1.165, 1.54) is 0 Å². The summed E-state index contributed by atoms with van der Waals surface area (Å²) in [7, 11) is 0. The van der Waals surface area contributed by atoms with E-state index in [9.17, 15) is 4.79 Å². The van der Waals surface area contributed by atoms with Crippen molar-refractivity contribution in [2.45, 2.75) is 20.3 Å². The summed E-state index contributed by atoms with van der Waals surface area (Å²) in [6, 6.07) is 13.4. The van der Waals surface area contributed by atoms with Gasteiger partial charge in [0.2, 0.25) is 0 Å². The lowest BCUT2D eigenvalue weighted by Gasteiger charge is -2.01. The summed E-state index contributed by atoms with van der Waals surface area (Å²) in [6.07, 6.45) is 0.707. The number of hydrazone groups is 1. The van der Waals surface area contributed by atoms with Gasteiger partial charge in [0.05, 0.1) is 0 Å². The Balaban J connectivity index is 1.93. The summed E-state index contributed by atoms with van der Waals surface area (Å²) < 4.78 is 5.21. The predicted octanol–water partition coefficient (Wildman–Crippen LogP) is 2.94. The van der Waals surface area contributed by atoms with Crippen LogP contribution in [0.5, 0.6) is 0 Å². The Bertz CT molecular complexity index is 585. The summed E-state index contributed by atoms with van der Waals surface area (Å²) in [5.74, 6) is 0.643. The molecule has 0 aliphatic rings. The van der Waals surface area contributed by atoms with Crippen LogP contribution in [0.3, 0.4) is 0 Å². The van der Waals surface area contributed by atoms with Gasteiger partial charge < -0.3 is 4.42 Å². The van der Waals surface area contributed by atoms with Crippen molar-refractivity contribution >= 4 is 11.6 Å². The Hall–Kier alpha value is -2.36. The molecule has 1 heterocycles. The van der Waals surface area contributed by atoms with Gasteiger partial charge in [0, 0.05) is 12.1 Å². The number of hydrogen-bond acceptors (Lipinski definition) is 3. The Kier molecular flexibility index (Phi) is 4.13. The van der Waals surface area contributed by atoms with Crippen LogP contribution < -0.4 is 5.43 Å². The number of rotatable bonds is 4. The average Bonchev–Trinajstić information content (AvgIpc) is 2.84. The lowest BCUT2D eigenvalue weighted by Crippen LogP contribution is -2.19. The van der Waals surface area contributed by atoms with E-state index in [0.717, 1.165) is 11.3 Å². The second-order valence-corrected chi connectivity index (χ2v) is 4.36. The first kappa shape index (κ1) is 13.1. The number of carbonyl (C=O) groups is 1. The number of benzene rings is 1. The van der Waals surface area contributed by atoms with Gasteiger partial charge in [-0.05, 0) is 31.5 Å². The Labute approximate surface area is 112 Å². The van der Waals surface area contributed by atoms with E-state index < -0.39 is 0 Å². The first-order valence-electron chi connectivity index (χ1n) is 6.09. The number of aryl methyl sites for hydroxylation is 1. The normalized spacial score (nSPS) is 11.4. The van der Waals surface area contributed by atoms with Crippen LogP contribution in [-0.2, 0) is 6.42 Å². The highest BCUT2D eigenvalue weighted by Gasteiger charge is 2.08. The minimum Gasteiger partial charge on any atom is -0.456 e. The summed E-state index contributed by atoms with van der Waals surface area (Å²) in [5.41, 5.74) is 4.48. The molecule has 0 bridgehead atoms. The van der Waals surface area contributed by atoms with Crippen LogP contribution in [0.1, 0.15) is 28.8 Å². The summed E-state index contributed by atoms with van der Waals surface area (Å²) in [6.45, 7) is 3.67. The van der Waals surface area contributed by atoms with Crippen LogP contribution in [-0.4, -0.2) is 11.6 Å². The molecule has 1 aromatic carbocycles. The van der Waals surface area contributed by atoms with Crippen LogP contribution in [0.2, 0.25) is 0 Å². The first-order valence-corrected chi connectivity index (χ1v) is 6.09. The maximum atomic E-state index is 11.7. The number of hydrogen-bond donors (Lipinski definition) is 1. The van der Waals surface area contributed by atoms with Gasteiger partial charge in [-0.1, -0.05) is 30.3 Å². The SMILES string of the molecule is C/C(Cc1ccccc1)=N\NC(=O)c1ccc(C)o1. The third kappa shape index (κ3) is 3.81. The summed E-state index contributed by atoms with van der Waals surface area (Å²) in [5, 5.41) is 4.06. The second kappa shape index (κ2) is 6.00. The van der Waals surface area contributed by atoms with Gasteiger partial charge >= 0.3 is 5.91 Å². The van der Waals surface area contributed by atoms with E-state index in [0.29, 0.717) is 12.2 Å². The number of furan rings is 1. The van der Waals surface area contributed by atoms with E-state index in [2.05, 4.69) is 10.5 Å². The lowest BCUT2D eigenvalue weighted by atomic mass is 10.1. The number of amides is 1. The molecule has 0 atom stereocenters. The molecule has 0 spiro atoms. The van der Waals surface area contributed by atoms with Gasteiger partial charge in [0.1, 0.15) is 5.76 Å². The highest BCUT2D eigenvalue weighted by Crippen LogP contribution is 2.06. The molecule has 98 valence electrons. The van der Waals surface area contributed by atoms with E-state index in [1.807, 2.05) is 37.3 Å². The van der Waals surface area contributed by atoms with Crippen LogP contribution in [0.25, 0.3) is 0 Å². The zero-order valence-corrected chi connectivity index (χ0v) is 11.0. The maximum absolute atomic E-state index is 11.7. The monoisotopic (exact) mass is 256 g/mol. The molecule has 1 amide bonds. The molecular formula is C15H16N2O2. The molecule has 0 aliphatic carbocycles. The maximum Gasteiger partial charge on any atom is 0.307 e. The predicted molar refractivity (Wildman–Crippen MR) is 74.2 cm³/mol. The first-order chi connectivity index (χ1) is 9.15. The number of carbonyl (C=O) groups excluding carboxylic acids is 1. The topological polar surface area (TPSA) is 54.6 Å². The number of nitrogens with one attached hydrogen (secondary N) is 1. The van der Waals surface area contributed by atoms with Gasteiger partial charge in [0.15, 0.2) is 5.76 Å². The van der Waals surface area contributed by atoms with Crippen molar-refractivity contribution in [3.05, 3.63) is 59.5 Å². The quantitative estimate of drug-likeness (QED) is 0.675. The molecular weight excluding hydrogens is 240 g/mol. The Morgan fingerprint density at radius 1 is 1.21 bits per heavy atom. The fraction of sp³-hybridized carbons (Fsp3) is 0.200. The lowest BCUT2D eigenvalue weighted by molar-refractivity contribution is 0.0926. The zero-order chi connectivity index (χ0) is 13.7. The summed E-state index contributed by atoms with van der Waals surface area (Å²) in [4.78, 5) is 11.7. The molecule has 1 N–H and O–H groups in total. The summed E-state index contributed by atoms with van der Waals surface area (Å²) >= 11 is 0. The van der Waals surface area contributed by atoms with Crippen molar-refractivity contribution in [3.8, 4) is 0 Å². The van der Waals surface area contributed by atoms with Crippen molar-refractivity contribution in [2.75, 3.05) is 0 Å². The standard InChI is InChI=1S/C15H16N2O2/c1-11(10-13-6-4-3-5-7-13)16-17-15(18)14-9-8-12(2)19-14/h3-9H,10H2,1-2H3,(H,17,18)/b16-11+. The molecule has 0 aliphatic heterocycles. The fourth-order valence-electron chi connectivity index (χ4n) is 1.69. The van der Waals surface area contributed by atoms with Crippen molar-refractivity contribution in [2.24, 2.45) is 5.10 Å².